The molecule has 0 amide bonds. The van der Waals surface area contributed by atoms with Gasteiger partial charge < -0.3 is 19.9 Å². The van der Waals surface area contributed by atoms with Gasteiger partial charge in [-0.05, 0) is 25.3 Å². The summed E-state index contributed by atoms with van der Waals surface area (Å²) in [5.41, 5.74) is 0.997. The van der Waals surface area contributed by atoms with Crippen molar-refractivity contribution in [3.05, 3.63) is 29.8 Å². The largest absolute Gasteiger partial charge is 0.496 e. The number of aliphatic hydroxyl groups excluding tert-OH is 1. The van der Waals surface area contributed by atoms with Crippen molar-refractivity contribution in [2.45, 2.75) is 58.8 Å². The van der Waals surface area contributed by atoms with E-state index in [4.69, 9.17) is 9.47 Å². The lowest BCUT2D eigenvalue weighted by Gasteiger charge is -2.18. The van der Waals surface area contributed by atoms with Crippen molar-refractivity contribution in [1.29, 1.82) is 0 Å². The molecule has 0 aromatic heterocycles. The van der Waals surface area contributed by atoms with Crippen LogP contribution in [0.25, 0.3) is 0 Å². The van der Waals surface area contributed by atoms with Gasteiger partial charge in [-0.25, -0.2) is 0 Å². The van der Waals surface area contributed by atoms with E-state index in [1.54, 1.807) is 7.11 Å². The fourth-order valence-electron chi connectivity index (χ4n) is 2.46. The van der Waals surface area contributed by atoms with E-state index < -0.39 is 6.10 Å². The molecule has 0 heterocycles. The number of aliphatic hydroxyl groups is 1. The van der Waals surface area contributed by atoms with Crippen LogP contribution in [0.1, 0.15) is 45.6 Å². The summed E-state index contributed by atoms with van der Waals surface area (Å²) in [6, 6.07) is 8.20. The number of ether oxygens (including phenoxy) is 2. The van der Waals surface area contributed by atoms with Crippen molar-refractivity contribution in [3.8, 4) is 5.75 Å². The van der Waals surface area contributed by atoms with Gasteiger partial charge in [-0.1, -0.05) is 44.9 Å². The Kier molecular flexibility index (Phi) is 9.92. The van der Waals surface area contributed by atoms with Crippen LogP contribution < -0.4 is 10.1 Å². The third kappa shape index (κ3) is 8.94. The van der Waals surface area contributed by atoms with Crippen molar-refractivity contribution in [1.82, 2.24) is 5.32 Å². The Labute approximate surface area is 141 Å². The first-order valence-corrected chi connectivity index (χ1v) is 8.64. The highest BCUT2D eigenvalue weighted by Crippen LogP contribution is 2.18. The zero-order valence-corrected chi connectivity index (χ0v) is 15.0. The predicted molar refractivity (Wildman–Crippen MR) is 94.8 cm³/mol. The van der Waals surface area contributed by atoms with E-state index in [-0.39, 0.29) is 0 Å². The average molecular weight is 323 g/mol. The summed E-state index contributed by atoms with van der Waals surface area (Å²) in [5.74, 6) is 1.58. The second kappa shape index (κ2) is 11.4. The molecule has 0 aliphatic heterocycles. The lowest BCUT2D eigenvalue weighted by Crippen LogP contribution is -2.36. The molecule has 0 spiro atoms. The van der Waals surface area contributed by atoms with Crippen LogP contribution in [0.2, 0.25) is 0 Å². The van der Waals surface area contributed by atoms with Gasteiger partial charge in [-0.3, -0.25) is 0 Å². The minimum atomic E-state index is -0.489. The maximum atomic E-state index is 10.00. The molecule has 0 saturated carbocycles. The molecule has 2 unspecified atom stereocenters. The Morgan fingerprint density at radius 1 is 1.13 bits per heavy atom. The monoisotopic (exact) mass is 323 g/mol. The molecule has 2 N–H and O–H groups in total. The van der Waals surface area contributed by atoms with E-state index >= 15 is 0 Å². The van der Waals surface area contributed by atoms with Crippen LogP contribution in [-0.2, 0) is 11.3 Å². The Balaban J connectivity index is 2.15. The van der Waals surface area contributed by atoms with Crippen molar-refractivity contribution < 1.29 is 14.6 Å². The smallest absolute Gasteiger partial charge is 0.124 e. The van der Waals surface area contributed by atoms with Crippen LogP contribution >= 0.6 is 0 Å². The fraction of sp³-hybridized carbons (Fsp3) is 0.684. The Morgan fingerprint density at radius 2 is 1.87 bits per heavy atom. The van der Waals surface area contributed by atoms with Crippen LogP contribution in [0, 0.1) is 5.92 Å². The van der Waals surface area contributed by atoms with Gasteiger partial charge >= 0.3 is 0 Å². The van der Waals surface area contributed by atoms with Crippen LogP contribution in [0.15, 0.2) is 24.3 Å². The van der Waals surface area contributed by atoms with Gasteiger partial charge in [0.1, 0.15) is 5.75 Å². The molecule has 0 fully saturated rings. The van der Waals surface area contributed by atoms with Gasteiger partial charge in [0, 0.05) is 18.2 Å². The Bertz CT molecular complexity index is 423. The van der Waals surface area contributed by atoms with E-state index in [1.165, 1.54) is 12.8 Å². The van der Waals surface area contributed by atoms with Gasteiger partial charge in [0.2, 0.25) is 0 Å². The number of benzene rings is 1. The first-order chi connectivity index (χ1) is 11.0. The summed E-state index contributed by atoms with van der Waals surface area (Å²) in [6.07, 6.45) is 3.15. The van der Waals surface area contributed by atoms with Crippen LogP contribution in [-0.4, -0.2) is 37.5 Å². The molecule has 23 heavy (non-hydrogen) atoms. The minimum absolute atomic E-state index is 0.323. The topological polar surface area (TPSA) is 50.7 Å². The maximum absolute atomic E-state index is 10.00. The molecular formula is C19H33NO3. The summed E-state index contributed by atoms with van der Waals surface area (Å²) in [6.45, 7) is 8.01. The highest BCUT2D eigenvalue weighted by atomic mass is 16.5. The molecular weight excluding hydrogens is 290 g/mol. The van der Waals surface area contributed by atoms with Crippen LogP contribution in [0.4, 0.5) is 0 Å². The zero-order valence-electron chi connectivity index (χ0n) is 15.0. The molecule has 0 aliphatic carbocycles. The summed E-state index contributed by atoms with van der Waals surface area (Å²) in [4.78, 5) is 0. The zero-order chi connectivity index (χ0) is 17.1. The quantitative estimate of drug-likeness (QED) is 0.619. The van der Waals surface area contributed by atoms with Gasteiger partial charge in [0.05, 0.1) is 26.4 Å². The van der Waals surface area contributed by atoms with Crippen molar-refractivity contribution >= 4 is 0 Å². The van der Waals surface area contributed by atoms with Crippen molar-refractivity contribution in [2.24, 2.45) is 5.92 Å². The number of methoxy groups -OCH3 is 1. The van der Waals surface area contributed by atoms with Crippen molar-refractivity contribution in [2.75, 3.05) is 20.3 Å². The van der Waals surface area contributed by atoms with Crippen molar-refractivity contribution in [3.63, 3.8) is 0 Å². The first kappa shape index (κ1) is 19.9. The molecule has 2 atom stereocenters. The molecule has 0 aliphatic rings. The summed E-state index contributed by atoms with van der Waals surface area (Å²) < 4.78 is 10.9. The molecule has 1 aromatic rings. The number of rotatable bonds is 12. The van der Waals surface area contributed by atoms with E-state index in [0.717, 1.165) is 23.7 Å². The average Bonchev–Trinajstić information content (AvgIpc) is 2.53. The van der Waals surface area contributed by atoms with Gasteiger partial charge in [-0.15, -0.1) is 0 Å². The second-order valence-corrected chi connectivity index (χ2v) is 6.61. The molecule has 1 aromatic carbocycles. The fourth-order valence-corrected chi connectivity index (χ4v) is 2.46. The number of nitrogens with one attached hydrogen (secondary N) is 1. The van der Waals surface area contributed by atoms with Gasteiger partial charge in [0.15, 0.2) is 0 Å². The van der Waals surface area contributed by atoms with E-state index in [1.807, 2.05) is 24.3 Å². The van der Waals surface area contributed by atoms with E-state index in [2.05, 4.69) is 26.1 Å². The second-order valence-electron chi connectivity index (χ2n) is 6.61. The number of hydrogen-bond donors (Lipinski definition) is 2. The molecule has 0 radical (unpaired) electrons. The molecule has 132 valence electrons. The summed E-state index contributed by atoms with van der Waals surface area (Å²) in [5, 5.41) is 13.4. The Morgan fingerprint density at radius 3 is 2.57 bits per heavy atom. The summed E-state index contributed by atoms with van der Waals surface area (Å²) >= 11 is 0. The van der Waals surface area contributed by atoms with Gasteiger partial charge in [-0.2, -0.15) is 0 Å². The lowest BCUT2D eigenvalue weighted by atomic mass is 10.0. The summed E-state index contributed by atoms with van der Waals surface area (Å²) in [7, 11) is 1.65. The molecule has 0 saturated heterocycles. The predicted octanol–water partition coefficient (Wildman–Crippen LogP) is 3.38. The van der Waals surface area contributed by atoms with Crippen LogP contribution in [0.3, 0.4) is 0 Å². The molecule has 1 rings (SSSR count). The molecule has 4 heteroatoms. The maximum Gasteiger partial charge on any atom is 0.124 e. The first-order valence-electron chi connectivity index (χ1n) is 8.64. The third-order valence-electron chi connectivity index (χ3n) is 3.88. The van der Waals surface area contributed by atoms with Gasteiger partial charge in [0.25, 0.3) is 0 Å². The highest BCUT2D eigenvalue weighted by molar-refractivity contribution is 5.32. The van der Waals surface area contributed by atoms with E-state index in [0.29, 0.717) is 25.8 Å². The SMILES string of the molecule is COc1ccccc1COCC(O)CNC(C)CCCC(C)C. The number of para-hydroxylation sites is 1. The lowest BCUT2D eigenvalue weighted by molar-refractivity contribution is 0.0270. The Hall–Kier alpha value is -1.10. The van der Waals surface area contributed by atoms with Crippen LogP contribution in [0.5, 0.6) is 5.75 Å². The van der Waals surface area contributed by atoms with E-state index in [9.17, 15) is 5.11 Å². The molecule has 4 nitrogen and oxygen atoms in total. The standard InChI is InChI=1S/C19H33NO3/c1-15(2)8-7-9-16(3)20-12-18(21)14-23-13-17-10-5-6-11-19(17)22-4/h5-6,10-11,15-16,18,20-21H,7-9,12-14H2,1-4H3. The third-order valence-corrected chi connectivity index (χ3v) is 3.88. The normalized spacial score (nSPS) is 14.0. The number of hydrogen-bond acceptors (Lipinski definition) is 4. The molecule has 0 bridgehead atoms. The highest BCUT2D eigenvalue weighted by Gasteiger charge is 2.09. The minimum Gasteiger partial charge on any atom is -0.496 e.